The predicted octanol–water partition coefficient (Wildman–Crippen LogP) is 3.11. The number of ether oxygens (including phenoxy) is 1. The number of imidazole rings is 1. The second-order valence-corrected chi connectivity index (χ2v) is 8.46. The zero-order valence-corrected chi connectivity index (χ0v) is 19.2. The molecule has 0 fully saturated rings. The molecule has 8 nitrogen and oxygen atoms in total. The van der Waals surface area contributed by atoms with Crippen molar-refractivity contribution in [3.8, 4) is 0 Å². The van der Waals surface area contributed by atoms with Crippen molar-refractivity contribution in [3.63, 3.8) is 0 Å². The summed E-state index contributed by atoms with van der Waals surface area (Å²) in [7, 11) is 0. The molecule has 0 saturated carbocycles. The van der Waals surface area contributed by atoms with Gasteiger partial charge in [-0.1, -0.05) is 42.5 Å². The first-order valence-electron chi connectivity index (χ1n) is 11.5. The lowest BCUT2D eigenvalue weighted by Gasteiger charge is -2.22. The Balaban J connectivity index is 1.43. The molecule has 0 bridgehead atoms. The maximum atomic E-state index is 13.2. The lowest BCUT2D eigenvalue weighted by Crippen LogP contribution is -2.52. The SMILES string of the molecule is CC(C)OCCCNC(=O)C(Cc1ccccc1)NC(=O)N1CCn2c1nc1ccccc12. The van der Waals surface area contributed by atoms with Crippen LogP contribution in [0.2, 0.25) is 0 Å². The number of hydrogen-bond donors (Lipinski definition) is 2. The van der Waals surface area contributed by atoms with Crippen molar-refractivity contribution in [2.45, 2.75) is 45.4 Å². The minimum atomic E-state index is -0.690. The van der Waals surface area contributed by atoms with Crippen LogP contribution < -0.4 is 15.5 Å². The van der Waals surface area contributed by atoms with E-state index in [2.05, 4.69) is 15.6 Å². The number of para-hydroxylation sites is 2. The van der Waals surface area contributed by atoms with Crippen molar-refractivity contribution in [1.82, 2.24) is 20.2 Å². The monoisotopic (exact) mass is 449 g/mol. The summed E-state index contributed by atoms with van der Waals surface area (Å²) in [6, 6.07) is 16.5. The van der Waals surface area contributed by atoms with E-state index in [4.69, 9.17) is 4.74 Å². The molecule has 3 aromatic rings. The van der Waals surface area contributed by atoms with Crippen LogP contribution in [-0.4, -0.2) is 53.3 Å². The number of anilines is 1. The van der Waals surface area contributed by atoms with Gasteiger partial charge in [0.1, 0.15) is 6.04 Å². The van der Waals surface area contributed by atoms with Gasteiger partial charge in [-0.15, -0.1) is 0 Å². The molecule has 1 unspecified atom stereocenters. The number of amides is 3. The third-order valence-corrected chi connectivity index (χ3v) is 5.64. The van der Waals surface area contributed by atoms with Crippen molar-refractivity contribution in [3.05, 3.63) is 60.2 Å². The van der Waals surface area contributed by atoms with Gasteiger partial charge in [-0.05, 0) is 38.0 Å². The largest absolute Gasteiger partial charge is 0.379 e. The van der Waals surface area contributed by atoms with E-state index in [1.165, 1.54) is 0 Å². The zero-order chi connectivity index (χ0) is 23.2. The maximum absolute atomic E-state index is 13.2. The van der Waals surface area contributed by atoms with Gasteiger partial charge in [0.2, 0.25) is 11.9 Å². The number of nitrogens with zero attached hydrogens (tertiary/aromatic N) is 3. The molecule has 1 atom stereocenters. The Labute approximate surface area is 193 Å². The molecule has 1 aliphatic rings. The van der Waals surface area contributed by atoms with Crippen molar-refractivity contribution < 1.29 is 14.3 Å². The molecule has 1 aromatic heterocycles. The fourth-order valence-corrected chi connectivity index (χ4v) is 3.99. The number of hydrogen-bond acceptors (Lipinski definition) is 4. The van der Waals surface area contributed by atoms with Gasteiger partial charge in [0, 0.05) is 32.7 Å². The van der Waals surface area contributed by atoms with Crippen LogP contribution in [0, 0.1) is 0 Å². The van der Waals surface area contributed by atoms with Crippen molar-refractivity contribution in [2.24, 2.45) is 0 Å². The third kappa shape index (κ3) is 5.51. The van der Waals surface area contributed by atoms with Gasteiger partial charge in [0.15, 0.2) is 0 Å². The summed E-state index contributed by atoms with van der Waals surface area (Å²) in [5, 5.41) is 5.88. The molecule has 3 amide bonds. The molecule has 4 rings (SSSR count). The van der Waals surface area contributed by atoms with Crippen LogP contribution in [0.4, 0.5) is 10.7 Å². The van der Waals surface area contributed by atoms with Gasteiger partial charge in [-0.2, -0.15) is 0 Å². The topological polar surface area (TPSA) is 88.5 Å². The van der Waals surface area contributed by atoms with E-state index < -0.39 is 6.04 Å². The van der Waals surface area contributed by atoms with E-state index in [9.17, 15) is 9.59 Å². The maximum Gasteiger partial charge on any atom is 0.324 e. The number of fused-ring (bicyclic) bond motifs is 3. The van der Waals surface area contributed by atoms with Crippen LogP contribution in [0.25, 0.3) is 11.0 Å². The minimum Gasteiger partial charge on any atom is -0.379 e. The summed E-state index contributed by atoms with van der Waals surface area (Å²) in [4.78, 5) is 32.4. The average Bonchev–Trinajstić information content (AvgIpc) is 3.38. The van der Waals surface area contributed by atoms with Crippen LogP contribution in [0.15, 0.2) is 54.6 Å². The second kappa shape index (κ2) is 10.5. The highest BCUT2D eigenvalue weighted by Crippen LogP contribution is 2.27. The van der Waals surface area contributed by atoms with Crippen molar-refractivity contribution >= 4 is 28.9 Å². The van der Waals surface area contributed by atoms with Crippen LogP contribution in [-0.2, 0) is 22.5 Å². The summed E-state index contributed by atoms with van der Waals surface area (Å²) in [5.41, 5.74) is 2.84. The van der Waals surface area contributed by atoms with Crippen LogP contribution in [0.3, 0.4) is 0 Å². The van der Waals surface area contributed by atoms with Crippen LogP contribution in [0.1, 0.15) is 25.8 Å². The highest BCUT2D eigenvalue weighted by Gasteiger charge is 2.31. The number of rotatable bonds is 9. The first kappa shape index (κ1) is 22.8. The Hall–Kier alpha value is -3.39. The molecule has 0 aliphatic carbocycles. The number of aromatic nitrogens is 2. The first-order valence-corrected chi connectivity index (χ1v) is 11.5. The smallest absolute Gasteiger partial charge is 0.324 e. The van der Waals surface area contributed by atoms with E-state index >= 15 is 0 Å². The fourth-order valence-electron chi connectivity index (χ4n) is 3.99. The van der Waals surface area contributed by atoms with E-state index in [-0.39, 0.29) is 18.0 Å². The number of carbonyl (C=O) groups is 2. The Morgan fingerprint density at radius 1 is 1.06 bits per heavy atom. The average molecular weight is 450 g/mol. The summed E-state index contributed by atoms with van der Waals surface area (Å²) >= 11 is 0. The number of carbonyl (C=O) groups excluding carboxylic acids is 2. The van der Waals surface area contributed by atoms with E-state index in [0.717, 1.165) is 16.6 Å². The molecule has 0 radical (unpaired) electrons. The molecular formula is C25H31N5O3. The van der Waals surface area contributed by atoms with Crippen molar-refractivity contribution in [1.29, 1.82) is 0 Å². The van der Waals surface area contributed by atoms with E-state index in [1.807, 2.05) is 73.0 Å². The minimum absolute atomic E-state index is 0.162. The zero-order valence-electron chi connectivity index (χ0n) is 19.2. The lowest BCUT2D eigenvalue weighted by atomic mass is 10.1. The molecule has 0 saturated heterocycles. The van der Waals surface area contributed by atoms with Gasteiger partial charge in [-0.25, -0.2) is 9.78 Å². The summed E-state index contributed by atoms with van der Waals surface area (Å²) < 4.78 is 7.57. The van der Waals surface area contributed by atoms with Gasteiger partial charge >= 0.3 is 6.03 Å². The van der Waals surface area contributed by atoms with Gasteiger partial charge in [-0.3, -0.25) is 9.69 Å². The second-order valence-electron chi connectivity index (χ2n) is 8.46. The normalized spacial score (nSPS) is 13.8. The van der Waals surface area contributed by atoms with Gasteiger partial charge in [0.25, 0.3) is 0 Å². The molecular weight excluding hydrogens is 418 g/mol. The molecule has 2 heterocycles. The van der Waals surface area contributed by atoms with Crippen LogP contribution >= 0.6 is 0 Å². The van der Waals surface area contributed by atoms with E-state index in [1.54, 1.807) is 4.90 Å². The fraction of sp³-hybridized carbons (Fsp3) is 0.400. The van der Waals surface area contributed by atoms with Gasteiger partial charge < -0.3 is 19.9 Å². The highest BCUT2D eigenvalue weighted by atomic mass is 16.5. The third-order valence-electron chi connectivity index (χ3n) is 5.64. The molecule has 0 spiro atoms. The summed E-state index contributed by atoms with van der Waals surface area (Å²) in [5.74, 6) is 0.405. The van der Waals surface area contributed by atoms with Crippen LogP contribution in [0.5, 0.6) is 0 Å². The number of benzene rings is 2. The molecule has 33 heavy (non-hydrogen) atoms. The summed E-state index contributed by atoms with van der Waals surface area (Å²) in [6.07, 6.45) is 1.28. The molecule has 174 valence electrons. The number of nitrogens with one attached hydrogen (secondary N) is 2. The first-order chi connectivity index (χ1) is 16.0. The van der Waals surface area contributed by atoms with Gasteiger partial charge in [0.05, 0.1) is 17.1 Å². The molecule has 1 aliphatic heterocycles. The lowest BCUT2D eigenvalue weighted by molar-refractivity contribution is -0.122. The Bertz CT molecular complexity index is 1100. The van der Waals surface area contributed by atoms with Crippen molar-refractivity contribution in [2.75, 3.05) is 24.6 Å². The number of urea groups is 1. The quantitative estimate of drug-likeness (QED) is 0.492. The molecule has 2 N–H and O–H groups in total. The molecule has 2 aromatic carbocycles. The Kier molecular flexibility index (Phi) is 7.24. The Morgan fingerprint density at radius 3 is 2.61 bits per heavy atom. The predicted molar refractivity (Wildman–Crippen MR) is 128 cm³/mol. The Morgan fingerprint density at radius 2 is 1.82 bits per heavy atom. The standard InChI is InChI=1S/C25H31N5O3/c1-18(2)33-16-8-13-26-23(31)21(17-19-9-4-3-5-10-19)28-25(32)30-15-14-29-22-12-7-6-11-20(22)27-24(29)30/h3-7,9-12,18,21H,8,13-17H2,1-2H3,(H,26,31)(H,28,32). The summed E-state index contributed by atoms with van der Waals surface area (Å²) in [6.45, 7) is 6.23. The van der Waals surface area contributed by atoms with E-state index in [0.29, 0.717) is 45.0 Å². The molecule has 8 heteroatoms. The highest BCUT2D eigenvalue weighted by molar-refractivity contribution is 5.96.